The van der Waals surface area contributed by atoms with Crippen LogP contribution in [0.2, 0.25) is 0 Å². The molecule has 3 nitrogen and oxygen atoms in total. The van der Waals surface area contributed by atoms with Crippen molar-refractivity contribution in [2.45, 2.75) is 10.8 Å². The Morgan fingerprint density at radius 3 is 1.30 bits per heavy atom. The zero-order valence-corrected chi connectivity index (χ0v) is 28.6. The summed E-state index contributed by atoms with van der Waals surface area (Å²) in [5.41, 5.74) is 15.7. The Hall–Kier alpha value is -6.84. The van der Waals surface area contributed by atoms with Crippen molar-refractivity contribution in [1.29, 1.82) is 0 Å². The molecular weight excluding hydrogens is 647 g/mol. The van der Waals surface area contributed by atoms with E-state index in [1.165, 1.54) is 44.5 Å². The first-order chi connectivity index (χ1) is 26.3. The molecule has 0 bridgehead atoms. The smallest absolute Gasteiger partial charge is 0.132 e. The molecule has 12 rings (SSSR count). The Labute approximate surface area is 307 Å². The largest absolute Gasteiger partial charge is 0.457 e. The van der Waals surface area contributed by atoms with Crippen LogP contribution < -0.4 is 14.8 Å². The molecule has 3 heteroatoms. The van der Waals surface area contributed by atoms with Crippen LogP contribution in [0.1, 0.15) is 44.5 Å². The highest BCUT2D eigenvalue weighted by molar-refractivity contribution is 5.96. The summed E-state index contributed by atoms with van der Waals surface area (Å²) in [5.74, 6) is 3.58. The molecule has 1 N–H and O–H groups in total. The van der Waals surface area contributed by atoms with Crippen LogP contribution in [0.15, 0.2) is 182 Å². The Bertz CT molecular complexity index is 2760. The zero-order valence-electron chi connectivity index (χ0n) is 28.6. The molecule has 2 spiro atoms. The number of hydrogen-bond donors (Lipinski definition) is 1. The van der Waals surface area contributed by atoms with Crippen LogP contribution in [-0.2, 0) is 10.8 Å². The summed E-state index contributed by atoms with van der Waals surface area (Å²) >= 11 is 0. The molecule has 2 heterocycles. The fourth-order valence-corrected chi connectivity index (χ4v) is 10.1. The molecule has 0 amide bonds. The molecule has 0 unspecified atom stereocenters. The third-order valence-electron chi connectivity index (χ3n) is 12.0. The molecule has 4 aliphatic rings. The number of anilines is 2. The molecule has 0 radical (unpaired) electrons. The van der Waals surface area contributed by atoms with Crippen LogP contribution in [0, 0.1) is 0 Å². The number of benzene rings is 8. The van der Waals surface area contributed by atoms with Crippen LogP contribution >= 0.6 is 0 Å². The first kappa shape index (κ1) is 28.8. The first-order valence-electron chi connectivity index (χ1n) is 18.3. The lowest BCUT2D eigenvalue weighted by atomic mass is 9.66. The van der Waals surface area contributed by atoms with Gasteiger partial charge in [0.05, 0.1) is 10.8 Å². The van der Waals surface area contributed by atoms with Gasteiger partial charge in [0.2, 0.25) is 0 Å². The molecule has 0 aromatic heterocycles. The summed E-state index contributed by atoms with van der Waals surface area (Å²) in [6.45, 7) is 0. The van der Waals surface area contributed by atoms with Gasteiger partial charge in [-0.3, -0.25) is 0 Å². The minimum Gasteiger partial charge on any atom is -0.457 e. The normalized spacial score (nSPS) is 15.0. The van der Waals surface area contributed by atoms with Gasteiger partial charge in [0.25, 0.3) is 0 Å². The van der Waals surface area contributed by atoms with E-state index in [-0.39, 0.29) is 0 Å². The van der Waals surface area contributed by atoms with Crippen molar-refractivity contribution in [2.75, 3.05) is 5.32 Å². The van der Waals surface area contributed by atoms with Gasteiger partial charge in [-0.25, -0.2) is 0 Å². The van der Waals surface area contributed by atoms with E-state index in [0.29, 0.717) is 0 Å². The van der Waals surface area contributed by atoms with E-state index in [4.69, 9.17) is 9.47 Å². The molecule has 0 fully saturated rings. The Balaban J connectivity index is 1.09. The average molecular weight is 678 g/mol. The van der Waals surface area contributed by atoms with E-state index in [1.807, 2.05) is 0 Å². The van der Waals surface area contributed by atoms with Crippen molar-refractivity contribution >= 4 is 11.4 Å². The van der Waals surface area contributed by atoms with E-state index < -0.39 is 10.8 Å². The number of fused-ring (bicyclic) bond motifs is 18. The summed E-state index contributed by atoms with van der Waals surface area (Å²) < 4.78 is 13.2. The summed E-state index contributed by atoms with van der Waals surface area (Å²) in [5, 5.41) is 3.98. The fourth-order valence-electron chi connectivity index (χ4n) is 10.1. The van der Waals surface area contributed by atoms with Gasteiger partial charge in [-0.05, 0) is 81.4 Å². The highest BCUT2D eigenvalue weighted by atomic mass is 16.5. The summed E-state index contributed by atoms with van der Waals surface area (Å²) in [7, 11) is 0. The molecule has 53 heavy (non-hydrogen) atoms. The number of para-hydroxylation sites is 4. The highest BCUT2D eigenvalue weighted by Gasteiger charge is 2.53. The number of hydrogen-bond acceptors (Lipinski definition) is 3. The maximum atomic E-state index is 6.58. The van der Waals surface area contributed by atoms with Gasteiger partial charge in [-0.1, -0.05) is 140 Å². The maximum absolute atomic E-state index is 6.58. The van der Waals surface area contributed by atoms with Crippen LogP contribution in [0.25, 0.3) is 22.3 Å². The topological polar surface area (TPSA) is 30.5 Å². The number of nitrogens with one attached hydrogen (secondary N) is 1. The monoisotopic (exact) mass is 677 g/mol. The van der Waals surface area contributed by atoms with Gasteiger partial charge >= 0.3 is 0 Å². The molecule has 248 valence electrons. The van der Waals surface area contributed by atoms with Crippen LogP contribution in [-0.4, -0.2) is 0 Å². The summed E-state index contributed by atoms with van der Waals surface area (Å²) in [6.07, 6.45) is 0. The van der Waals surface area contributed by atoms with Gasteiger partial charge in [0.1, 0.15) is 23.0 Å². The van der Waals surface area contributed by atoms with Crippen LogP contribution in [0.4, 0.5) is 11.4 Å². The lowest BCUT2D eigenvalue weighted by molar-refractivity contribution is 0.436. The van der Waals surface area contributed by atoms with Crippen molar-refractivity contribution in [3.8, 4) is 45.3 Å². The zero-order chi connectivity index (χ0) is 34.7. The van der Waals surface area contributed by atoms with Crippen molar-refractivity contribution < 1.29 is 9.47 Å². The van der Waals surface area contributed by atoms with Gasteiger partial charge in [0.15, 0.2) is 0 Å². The Morgan fingerprint density at radius 2 is 0.736 bits per heavy atom. The van der Waals surface area contributed by atoms with E-state index in [1.54, 1.807) is 0 Å². The van der Waals surface area contributed by atoms with E-state index in [0.717, 1.165) is 56.6 Å². The standard InChI is InChI=1S/C50H31NO2/c1-3-16-35-32(14-1)33-29-28-31(30-42(33)50(35)39-20-7-11-26-46(39)53-47-27-12-8-21-40(47)50)51-43-23-13-22-41-48(43)34-15-2-4-17-36(34)49(41)37-18-5-9-24-44(37)52-45-25-10-6-19-38(45)49/h1-30,51H. The minimum absolute atomic E-state index is 0.520. The second-order valence-electron chi connectivity index (χ2n) is 14.4. The first-order valence-corrected chi connectivity index (χ1v) is 18.3. The predicted molar refractivity (Wildman–Crippen MR) is 211 cm³/mol. The Morgan fingerprint density at radius 1 is 0.321 bits per heavy atom. The molecular formula is C50H31NO2. The quantitative estimate of drug-likeness (QED) is 0.198. The number of ether oxygens (including phenoxy) is 2. The maximum Gasteiger partial charge on any atom is 0.132 e. The predicted octanol–water partition coefficient (Wildman–Crippen LogP) is 12.4. The molecule has 2 aliphatic heterocycles. The van der Waals surface area contributed by atoms with Crippen molar-refractivity contribution in [3.05, 3.63) is 226 Å². The molecule has 8 aromatic carbocycles. The molecule has 0 saturated heterocycles. The van der Waals surface area contributed by atoms with Gasteiger partial charge in [-0.15, -0.1) is 0 Å². The summed E-state index contributed by atoms with van der Waals surface area (Å²) in [4.78, 5) is 0. The highest BCUT2D eigenvalue weighted by Crippen LogP contribution is 2.65. The van der Waals surface area contributed by atoms with Crippen molar-refractivity contribution in [1.82, 2.24) is 0 Å². The second-order valence-corrected chi connectivity index (χ2v) is 14.4. The van der Waals surface area contributed by atoms with Gasteiger partial charge in [-0.2, -0.15) is 0 Å². The third-order valence-corrected chi connectivity index (χ3v) is 12.0. The van der Waals surface area contributed by atoms with E-state index in [2.05, 4.69) is 187 Å². The van der Waals surface area contributed by atoms with E-state index >= 15 is 0 Å². The van der Waals surface area contributed by atoms with Crippen LogP contribution in [0.3, 0.4) is 0 Å². The van der Waals surface area contributed by atoms with Crippen LogP contribution in [0.5, 0.6) is 23.0 Å². The van der Waals surface area contributed by atoms with E-state index in [9.17, 15) is 0 Å². The van der Waals surface area contributed by atoms with Gasteiger partial charge in [0, 0.05) is 39.2 Å². The van der Waals surface area contributed by atoms with Gasteiger partial charge < -0.3 is 14.8 Å². The lowest BCUT2D eigenvalue weighted by Gasteiger charge is -2.39. The second kappa shape index (κ2) is 10.4. The molecule has 8 aromatic rings. The van der Waals surface area contributed by atoms with Crippen molar-refractivity contribution in [3.63, 3.8) is 0 Å². The molecule has 0 saturated carbocycles. The fraction of sp³-hybridized carbons (Fsp3) is 0.0400. The molecule has 0 atom stereocenters. The van der Waals surface area contributed by atoms with Crippen molar-refractivity contribution in [2.24, 2.45) is 0 Å². The lowest BCUT2D eigenvalue weighted by Crippen LogP contribution is -2.32. The number of rotatable bonds is 2. The average Bonchev–Trinajstić information content (AvgIpc) is 3.67. The minimum atomic E-state index is -0.528. The summed E-state index contributed by atoms with van der Waals surface area (Å²) in [6, 6.07) is 65.6. The third kappa shape index (κ3) is 3.54. The SMILES string of the molecule is c1ccc2c(c1)Oc1ccccc1C21c2ccccc2-c2ccc(Nc3cccc4c3-c3ccccc3C43c4ccccc4Oc4ccccc43)cc21. The Kier molecular flexibility index (Phi) is 5.64. The molecule has 2 aliphatic carbocycles.